The molecule has 150 valence electrons. The lowest BCUT2D eigenvalue weighted by atomic mass is 9.55. The Balaban J connectivity index is 0.00000243. The molecule has 0 aromatic heterocycles. The van der Waals surface area contributed by atoms with E-state index in [0.29, 0.717) is 31.2 Å². The first-order valence-electron chi connectivity index (χ1n) is 9.75. The lowest BCUT2D eigenvalue weighted by Gasteiger charge is -2.60. The van der Waals surface area contributed by atoms with Crippen LogP contribution in [0.25, 0.3) is 0 Å². The summed E-state index contributed by atoms with van der Waals surface area (Å²) in [6, 6.07) is 0.375. The van der Waals surface area contributed by atoms with Crippen LogP contribution in [-0.4, -0.2) is 62.3 Å². The van der Waals surface area contributed by atoms with Crippen LogP contribution in [0.2, 0.25) is 0 Å². The first-order chi connectivity index (χ1) is 12.0. The number of guanidine groups is 1. The monoisotopic (exact) mass is 479 g/mol. The normalized spacial score (nSPS) is 33.4. The van der Waals surface area contributed by atoms with Crippen molar-refractivity contribution in [3.05, 3.63) is 0 Å². The second-order valence-corrected chi connectivity index (χ2v) is 8.13. The fraction of sp³-hybridized carbons (Fsp3) is 0.895. The summed E-state index contributed by atoms with van der Waals surface area (Å²) in [4.78, 5) is 18.8. The van der Waals surface area contributed by atoms with Gasteiger partial charge in [0.1, 0.15) is 0 Å². The minimum absolute atomic E-state index is 0. The van der Waals surface area contributed by atoms with E-state index in [9.17, 15) is 4.79 Å². The zero-order valence-electron chi connectivity index (χ0n) is 16.5. The average Bonchev–Trinajstić information content (AvgIpc) is 2.62. The maximum absolute atomic E-state index is 12.1. The summed E-state index contributed by atoms with van der Waals surface area (Å²) in [5.41, 5.74) is 0.108. The Labute approximate surface area is 174 Å². The van der Waals surface area contributed by atoms with Crippen molar-refractivity contribution in [2.45, 2.75) is 58.6 Å². The summed E-state index contributed by atoms with van der Waals surface area (Å²) in [5, 5.41) is 3.70. The van der Waals surface area contributed by atoms with Crippen molar-refractivity contribution in [2.24, 2.45) is 22.2 Å². The number of hydrogen-bond acceptors (Lipinski definition) is 4. The predicted molar refractivity (Wildman–Crippen MR) is 113 cm³/mol. The lowest BCUT2D eigenvalue weighted by molar-refractivity contribution is -0.188. The van der Waals surface area contributed by atoms with Gasteiger partial charge in [-0.25, -0.2) is 0 Å². The molecule has 0 aromatic rings. The van der Waals surface area contributed by atoms with Crippen molar-refractivity contribution in [1.29, 1.82) is 0 Å². The molecule has 2 heterocycles. The number of nitrogens with one attached hydrogen (secondary N) is 1. The Morgan fingerprint density at radius 3 is 2.81 bits per heavy atom. The average molecular weight is 479 g/mol. The molecule has 6 nitrogen and oxygen atoms in total. The second-order valence-electron chi connectivity index (χ2n) is 8.13. The molecular formula is C19H34IN3O3. The Morgan fingerprint density at radius 1 is 1.35 bits per heavy atom. The third-order valence-electron chi connectivity index (χ3n) is 6.17. The van der Waals surface area contributed by atoms with Gasteiger partial charge >= 0.3 is 5.97 Å². The van der Waals surface area contributed by atoms with Crippen LogP contribution in [0.15, 0.2) is 4.99 Å². The summed E-state index contributed by atoms with van der Waals surface area (Å²) in [5.74, 6) is 1.35. The maximum Gasteiger partial charge on any atom is 0.310 e. The van der Waals surface area contributed by atoms with Gasteiger partial charge in [-0.05, 0) is 32.6 Å². The zero-order valence-corrected chi connectivity index (χ0v) is 18.8. The van der Waals surface area contributed by atoms with Crippen molar-refractivity contribution >= 4 is 35.9 Å². The number of esters is 1. The number of ether oxygens (including phenoxy) is 2. The van der Waals surface area contributed by atoms with E-state index in [1.807, 2.05) is 14.0 Å². The molecule has 3 unspecified atom stereocenters. The molecule has 7 heteroatoms. The van der Waals surface area contributed by atoms with Crippen LogP contribution in [0.1, 0.15) is 46.5 Å². The lowest BCUT2D eigenvalue weighted by Crippen LogP contribution is -2.71. The number of piperidine rings is 1. The maximum atomic E-state index is 12.1. The van der Waals surface area contributed by atoms with E-state index in [0.717, 1.165) is 38.4 Å². The third kappa shape index (κ3) is 4.13. The van der Waals surface area contributed by atoms with Crippen LogP contribution in [0.4, 0.5) is 0 Å². The molecule has 4 atom stereocenters. The standard InChI is InChI=1S/C19H33N3O3.HI/c1-5-24-17(23)13-8-6-10-22(12-13)18(20-4)21-15-14-9-7-11-25-16(14)19(15,2)3;/h13-16H,5-12H2,1-4H3,(H,20,21);1H/t13-,14?,15?,16?;/m0./s1. The summed E-state index contributed by atoms with van der Waals surface area (Å²) in [6.45, 7) is 9.38. The molecule has 0 spiro atoms. The van der Waals surface area contributed by atoms with Gasteiger partial charge in [-0.3, -0.25) is 9.79 Å². The van der Waals surface area contributed by atoms with E-state index in [4.69, 9.17) is 9.47 Å². The number of rotatable bonds is 3. The first kappa shape index (κ1) is 21.7. The molecule has 3 rings (SSSR count). The number of carbonyl (C=O) groups is 1. The Bertz CT molecular complexity index is 526. The summed E-state index contributed by atoms with van der Waals surface area (Å²) in [7, 11) is 1.83. The van der Waals surface area contributed by atoms with Gasteiger partial charge in [-0.2, -0.15) is 0 Å². The van der Waals surface area contributed by atoms with E-state index in [-0.39, 0.29) is 41.3 Å². The van der Waals surface area contributed by atoms with Crippen molar-refractivity contribution in [1.82, 2.24) is 10.2 Å². The van der Waals surface area contributed by atoms with Gasteiger partial charge in [-0.15, -0.1) is 24.0 Å². The summed E-state index contributed by atoms with van der Waals surface area (Å²) in [6.07, 6.45) is 4.61. The van der Waals surface area contributed by atoms with E-state index in [1.165, 1.54) is 6.42 Å². The van der Waals surface area contributed by atoms with Gasteiger partial charge in [0, 0.05) is 44.1 Å². The van der Waals surface area contributed by atoms with Crippen LogP contribution in [0, 0.1) is 17.3 Å². The number of carbonyl (C=O) groups excluding carboxylic acids is 1. The van der Waals surface area contributed by atoms with Gasteiger partial charge in [0.2, 0.25) is 0 Å². The van der Waals surface area contributed by atoms with E-state index in [2.05, 4.69) is 29.1 Å². The number of fused-ring (bicyclic) bond motifs is 1. The third-order valence-corrected chi connectivity index (χ3v) is 6.17. The molecule has 3 aliphatic rings. The smallest absolute Gasteiger partial charge is 0.310 e. The van der Waals surface area contributed by atoms with Crippen molar-refractivity contribution < 1.29 is 14.3 Å². The Hall–Kier alpha value is -0.570. The Morgan fingerprint density at radius 2 is 2.12 bits per heavy atom. The zero-order chi connectivity index (χ0) is 18.0. The highest BCUT2D eigenvalue weighted by Crippen LogP contribution is 2.51. The van der Waals surface area contributed by atoms with E-state index >= 15 is 0 Å². The van der Waals surface area contributed by atoms with Crippen LogP contribution in [0.5, 0.6) is 0 Å². The molecule has 2 saturated heterocycles. The number of aliphatic imine (C=N–C) groups is 1. The first-order valence-corrected chi connectivity index (χ1v) is 9.75. The van der Waals surface area contributed by atoms with Crippen LogP contribution < -0.4 is 5.32 Å². The van der Waals surface area contributed by atoms with Crippen LogP contribution in [0.3, 0.4) is 0 Å². The minimum atomic E-state index is -0.0765. The quantitative estimate of drug-likeness (QED) is 0.292. The minimum Gasteiger partial charge on any atom is -0.466 e. The number of hydrogen-bond donors (Lipinski definition) is 1. The Kier molecular flexibility index (Phi) is 7.59. The molecule has 0 amide bonds. The second kappa shape index (κ2) is 9.08. The molecule has 1 N–H and O–H groups in total. The largest absolute Gasteiger partial charge is 0.466 e. The molecule has 2 aliphatic heterocycles. The predicted octanol–water partition coefficient (Wildman–Crippen LogP) is 2.66. The molecule has 0 aromatic carbocycles. The molecule has 1 aliphatic carbocycles. The van der Waals surface area contributed by atoms with Crippen LogP contribution in [-0.2, 0) is 14.3 Å². The fourth-order valence-electron chi connectivity index (χ4n) is 4.87. The van der Waals surface area contributed by atoms with Crippen molar-refractivity contribution in [3.8, 4) is 0 Å². The van der Waals surface area contributed by atoms with E-state index in [1.54, 1.807) is 0 Å². The number of nitrogens with zero attached hydrogens (tertiary/aromatic N) is 2. The highest BCUT2D eigenvalue weighted by molar-refractivity contribution is 14.0. The highest BCUT2D eigenvalue weighted by Gasteiger charge is 2.58. The summed E-state index contributed by atoms with van der Waals surface area (Å²) >= 11 is 0. The van der Waals surface area contributed by atoms with Gasteiger partial charge in [0.25, 0.3) is 0 Å². The molecule has 26 heavy (non-hydrogen) atoms. The number of halogens is 1. The van der Waals surface area contributed by atoms with E-state index < -0.39 is 0 Å². The molecule has 3 fully saturated rings. The van der Waals surface area contributed by atoms with Crippen LogP contribution >= 0.6 is 24.0 Å². The molecule has 0 radical (unpaired) electrons. The number of likely N-dealkylation sites (tertiary alicyclic amines) is 1. The van der Waals surface area contributed by atoms with Crippen molar-refractivity contribution in [2.75, 3.05) is 33.4 Å². The SMILES string of the molecule is CCOC(=O)[C@H]1CCCN(C(=NC)NC2C3CCCOC3C2(C)C)C1.I. The molecule has 1 saturated carbocycles. The van der Waals surface area contributed by atoms with Gasteiger partial charge in [-0.1, -0.05) is 13.8 Å². The van der Waals surface area contributed by atoms with Gasteiger partial charge in [0.15, 0.2) is 5.96 Å². The molecule has 0 bridgehead atoms. The highest BCUT2D eigenvalue weighted by atomic mass is 127. The van der Waals surface area contributed by atoms with Gasteiger partial charge in [0.05, 0.1) is 18.6 Å². The summed E-state index contributed by atoms with van der Waals surface area (Å²) < 4.78 is 11.2. The van der Waals surface area contributed by atoms with Crippen molar-refractivity contribution in [3.63, 3.8) is 0 Å². The molecular weight excluding hydrogens is 445 g/mol. The fourth-order valence-corrected chi connectivity index (χ4v) is 4.87. The van der Waals surface area contributed by atoms with Gasteiger partial charge < -0.3 is 19.7 Å². The topological polar surface area (TPSA) is 63.2 Å².